The quantitative estimate of drug-likeness (QED) is 0.744. The van der Waals surface area contributed by atoms with Crippen LogP contribution in [0.25, 0.3) is 0 Å². The molecule has 1 heterocycles. The molecule has 1 atom stereocenters. The SMILES string of the molecule is C=CCN(C(=O)c1csnn1)[C@H](C(=O)NC1CCCC1)c1ccc(C)cc1. The fourth-order valence-electron chi connectivity index (χ4n) is 3.42. The van der Waals surface area contributed by atoms with Gasteiger partial charge in [-0.3, -0.25) is 9.59 Å². The van der Waals surface area contributed by atoms with Crippen molar-refractivity contribution in [3.8, 4) is 0 Å². The fourth-order valence-corrected chi connectivity index (χ4v) is 3.85. The maximum absolute atomic E-state index is 13.2. The number of hydrogen-bond donors (Lipinski definition) is 1. The molecular weight excluding hydrogens is 360 g/mol. The maximum Gasteiger partial charge on any atom is 0.276 e. The Bertz CT molecular complexity index is 783. The van der Waals surface area contributed by atoms with Crippen LogP contribution in [-0.4, -0.2) is 38.9 Å². The normalized spacial score (nSPS) is 15.3. The zero-order valence-electron chi connectivity index (χ0n) is 15.4. The standard InChI is InChI=1S/C20H24N4O2S/c1-3-12-24(20(26)17-13-27-23-22-17)18(15-10-8-14(2)9-11-15)19(25)21-16-6-4-5-7-16/h3,8-11,13,16,18H,1,4-7,12H2,2H3,(H,21,25)/t18-/m0/s1. The lowest BCUT2D eigenvalue weighted by molar-refractivity contribution is -0.126. The molecule has 1 fully saturated rings. The molecule has 7 heteroatoms. The molecule has 0 saturated heterocycles. The molecule has 3 rings (SSSR count). The van der Waals surface area contributed by atoms with Crippen molar-refractivity contribution >= 4 is 23.3 Å². The van der Waals surface area contributed by atoms with Crippen LogP contribution in [-0.2, 0) is 4.79 Å². The van der Waals surface area contributed by atoms with Crippen LogP contribution in [0.15, 0.2) is 42.3 Å². The number of amides is 2. The molecule has 1 saturated carbocycles. The predicted octanol–water partition coefficient (Wildman–Crippen LogP) is 3.27. The fraction of sp³-hybridized carbons (Fsp3) is 0.400. The number of rotatable bonds is 7. The lowest BCUT2D eigenvalue weighted by atomic mass is 10.0. The van der Waals surface area contributed by atoms with Gasteiger partial charge in [0.25, 0.3) is 5.91 Å². The molecule has 0 spiro atoms. The largest absolute Gasteiger partial charge is 0.351 e. The third-order valence-electron chi connectivity index (χ3n) is 4.82. The van der Waals surface area contributed by atoms with Crippen molar-refractivity contribution in [3.05, 3.63) is 59.1 Å². The summed E-state index contributed by atoms with van der Waals surface area (Å²) in [5.74, 6) is -0.486. The van der Waals surface area contributed by atoms with Crippen LogP contribution in [0, 0.1) is 6.92 Å². The van der Waals surface area contributed by atoms with Crippen LogP contribution in [0.3, 0.4) is 0 Å². The van der Waals surface area contributed by atoms with E-state index >= 15 is 0 Å². The minimum Gasteiger partial charge on any atom is -0.351 e. The highest BCUT2D eigenvalue weighted by Crippen LogP contribution is 2.26. The number of nitrogens with one attached hydrogen (secondary N) is 1. The first kappa shape index (κ1) is 19.2. The Morgan fingerprint density at radius 1 is 1.33 bits per heavy atom. The Kier molecular flexibility index (Phi) is 6.34. The van der Waals surface area contributed by atoms with Crippen molar-refractivity contribution in [2.75, 3.05) is 6.54 Å². The van der Waals surface area contributed by atoms with Gasteiger partial charge in [-0.25, -0.2) is 0 Å². The molecule has 2 aromatic rings. The minimum absolute atomic E-state index is 0.163. The topological polar surface area (TPSA) is 75.2 Å². The highest BCUT2D eigenvalue weighted by Gasteiger charge is 2.33. The van der Waals surface area contributed by atoms with E-state index in [1.54, 1.807) is 11.5 Å². The van der Waals surface area contributed by atoms with Crippen LogP contribution in [0.2, 0.25) is 0 Å². The van der Waals surface area contributed by atoms with E-state index in [-0.39, 0.29) is 30.1 Å². The average Bonchev–Trinajstić information content (AvgIpc) is 3.36. The van der Waals surface area contributed by atoms with Gasteiger partial charge in [0, 0.05) is 18.0 Å². The van der Waals surface area contributed by atoms with Crippen molar-refractivity contribution in [1.82, 2.24) is 19.8 Å². The summed E-state index contributed by atoms with van der Waals surface area (Å²) >= 11 is 1.11. The summed E-state index contributed by atoms with van der Waals surface area (Å²) in [7, 11) is 0. The van der Waals surface area contributed by atoms with E-state index in [1.165, 1.54) is 4.90 Å². The molecule has 6 nitrogen and oxygen atoms in total. The van der Waals surface area contributed by atoms with Crippen LogP contribution in [0.1, 0.15) is 53.3 Å². The summed E-state index contributed by atoms with van der Waals surface area (Å²) in [6, 6.07) is 7.14. The van der Waals surface area contributed by atoms with Crippen LogP contribution in [0.4, 0.5) is 0 Å². The number of carbonyl (C=O) groups excluding carboxylic acids is 2. The van der Waals surface area contributed by atoms with Crippen LogP contribution < -0.4 is 5.32 Å². The van der Waals surface area contributed by atoms with E-state index in [0.717, 1.165) is 48.3 Å². The Balaban J connectivity index is 1.94. The van der Waals surface area contributed by atoms with Crippen molar-refractivity contribution < 1.29 is 9.59 Å². The molecule has 1 aliphatic rings. The molecule has 0 aliphatic heterocycles. The molecular formula is C20H24N4O2S. The smallest absolute Gasteiger partial charge is 0.276 e. The summed E-state index contributed by atoms with van der Waals surface area (Å²) in [6.07, 6.45) is 5.84. The van der Waals surface area contributed by atoms with E-state index in [2.05, 4.69) is 21.5 Å². The molecule has 142 valence electrons. The number of hydrogen-bond acceptors (Lipinski definition) is 5. The highest BCUT2D eigenvalue weighted by atomic mass is 32.1. The van der Waals surface area contributed by atoms with Crippen molar-refractivity contribution in [1.29, 1.82) is 0 Å². The third-order valence-corrected chi connectivity index (χ3v) is 5.33. The first-order valence-electron chi connectivity index (χ1n) is 9.16. The van der Waals surface area contributed by atoms with Gasteiger partial charge in [0.05, 0.1) is 0 Å². The van der Waals surface area contributed by atoms with Crippen molar-refractivity contribution in [3.63, 3.8) is 0 Å². The average molecular weight is 385 g/mol. The van der Waals surface area contributed by atoms with Gasteiger partial charge in [-0.05, 0) is 36.9 Å². The Hall–Kier alpha value is -2.54. The second kappa shape index (κ2) is 8.90. The van der Waals surface area contributed by atoms with E-state index in [1.807, 2.05) is 31.2 Å². The number of aryl methyl sites for hydroxylation is 1. The van der Waals surface area contributed by atoms with Crippen molar-refractivity contribution in [2.24, 2.45) is 0 Å². The summed E-state index contributed by atoms with van der Waals surface area (Å²) < 4.78 is 3.78. The molecule has 1 N–H and O–H groups in total. The predicted molar refractivity (Wildman–Crippen MR) is 105 cm³/mol. The second-order valence-electron chi connectivity index (χ2n) is 6.84. The van der Waals surface area contributed by atoms with Crippen LogP contribution in [0.5, 0.6) is 0 Å². The van der Waals surface area contributed by atoms with Gasteiger partial charge in [-0.1, -0.05) is 53.2 Å². The monoisotopic (exact) mass is 384 g/mol. The molecule has 1 aromatic heterocycles. The number of carbonyl (C=O) groups is 2. The first-order chi connectivity index (χ1) is 13.1. The molecule has 27 heavy (non-hydrogen) atoms. The van der Waals surface area contributed by atoms with Gasteiger partial charge in [-0.2, -0.15) is 0 Å². The van der Waals surface area contributed by atoms with Crippen LogP contribution >= 0.6 is 11.5 Å². The van der Waals surface area contributed by atoms with E-state index in [4.69, 9.17) is 0 Å². The van der Waals surface area contributed by atoms with E-state index < -0.39 is 6.04 Å². The Morgan fingerprint density at radius 3 is 2.63 bits per heavy atom. The molecule has 1 aliphatic carbocycles. The summed E-state index contributed by atoms with van der Waals surface area (Å²) in [5, 5.41) is 8.61. The molecule has 0 radical (unpaired) electrons. The van der Waals surface area contributed by atoms with E-state index in [0.29, 0.717) is 0 Å². The maximum atomic E-state index is 13.2. The summed E-state index contributed by atoms with van der Waals surface area (Å²) in [4.78, 5) is 27.7. The highest BCUT2D eigenvalue weighted by molar-refractivity contribution is 7.03. The summed E-state index contributed by atoms with van der Waals surface area (Å²) in [6.45, 7) is 5.99. The summed E-state index contributed by atoms with van der Waals surface area (Å²) in [5.41, 5.74) is 2.11. The minimum atomic E-state index is -0.738. The molecule has 1 aromatic carbocycles. The number of nitrogens with zero attached hydrogens (tertiary/aromatic N) is 3. The lowest BCUT2D eigenvalue weighted by Crippen LogP contribution is -2.46. The zero-order chi connectivity index (χ0) is 19.2. The molecule has 0 bridgehead atoms. The lowest BCUT2D eigenvalue weighted by Gasteiger charge is -2.31. The second-order valence-corrected chi connectivity index (χ2v) is 7.45. The first-order valence-corrected chi connectivity index (χ1v) is 9.99. The van der Waals surface area contributed by atoms with Gasteiger partial charge in [0.1, 0.15) is 6.04 Å². The molecule has 0 unspecified atom stereocenters. The van der Waals surface area contributed by atoms with Gasteiger partial charge in [-0.15, -0.1) is 11.7 Å². The Morgan fingerprint density at radius 2 is 2.04 bits per heavy atom. The molecule has 2 amide bonds. The van der Waals surface area contributed by atoms with Gasteiger partial charge < -0.3 is 10.2 Å². The van der Waals surface area contributed by atoms with Gasteiger partial charge in [0.15, 0.2) is 5.69 Å². The Labute approximate surface area is 163 Å². The zero-order valence-corrected chi connectivity index (χ0v) is 16.2. The van der Waals surface area contributed by atoms with Crippen molar-refractivity contribution in [2.45, 2.75) is 44.7 Å². The van der Waals surface area contributed by atoms with Gasteiger partial charge >= 0.3 is 0 Å². The number of aromatic nitrogens is 2. The van der Waals surface area contributed by atoms with Gasteiger partial charge in [0.2, 0.25) is 5.91 Å². The van der Waals surface area contributed by atoms with E-state index in [9.17, 15) is 9.59 Å². The number of benzene rings is 1. The third kappa shape index (κ3) is 4.60.